The number of allylic oxidation sites excluding steroid dienone is 2. The van der Waals surface area contributed by atoms with Crippen molar-refractivity contribution in [2.75, 3.05) is 0 Å². The monoisotopic (exact) mass is 179 g/mol. The van der Waals surface area contributed by atoms with Crippen LogP contribution in [0.2, 0.25) is 0 Å². The van der Waals surface area contributed by atoms with E-state index in [1.165, 1.54) is 51.4 Å². The Balaban J connectivity index is 2.29. The van der Waals surface area contributed by atoms with Gasteiger partial charge in [0.25, 0.3) is 0 Å². The van der Waals surface area contributed by atoms with Crippen molar-refractivity contribution in [3.8, 4) is 0 Å². The van der Waals surface area contributed by atoms with Gasteiger partial charge in [0.15, 0.2) is 0 Å². The zero-order valence-electron chi connectivity index (χ0n) is 8.97. The molecule has 1 rings (SSSR count). The second kappa shape index (κ2) is 7.17. The summed E-state index contributed by atoms with van der Waals surface area (Å²) in [5.41, 5.74) is 0. The van der Waals surface area contributed by atoms with Crippen molar-refractivity contribution in [1.82, 2.24) is 0 Å². The fourth-order valence-corrected chi connectivity index (χ4v) is 1.99. The van der Waals surface area contributed by atoms with E-state index in [0.717, 1.165) is 5.92 Å². The third kappa shape index (κ3) is 5.13. The van der Waals surface area contributed by atoms with Gasteiger partial charge < -0.3 is 0 Å². The van der Waals surface area contributed by atoms with E-state index in [0.29, 0.717) is 0 Å². The third-order valence-corrected chi connectivity index (χ3v) is 2.97. The first kappa shape index (κ1) is 10.8. The topological polar surface area (TPSA) is 0 Å². The molecule has 0 aromatic rings. The Labute approximate surface area is 83.4 Å². The summed E-state index contributed by atoms with van der Waals surface area (Å²) in [7, 11) is 0. The smallest absolute Gasteiger partial charge is 0.0205 e. The van der Waals surface area contributed by atoms with Gasteiger partial charge in [0.05, 0.1) is 0 Å². The molecule has 0 nitrogen and oxygen atoms in total. The van der Waals surface area contributed by atoms with Gasteiger partial charge in [0.2, 0.25) is 0 Å². The van der Waals surface area contributed by atoms with E-state index in [1.54, 1.807) is 0 Å². The average Bonchev–Trinajstić information content (AvgIpc) is 2.22. The highest BCUT2D eigenvalue weighted by molar-refractivity contribution is 4.93. The molecule has 0 bridgehead atoms. The Bertz CT molecular complexity index is 135. The largest absolute Gasteiger partial charge is 0.0882 e. The van der Waals surface area contributed by atoms with Crippen LogP contribution in [0.3, 0.4) is 0 Å². The van der Waals surface area contributed by atoms with E-state index in [4.69, 9.17) is 0 Å². The molecular weight excluding hydrogens is 156 g/mol. The molecule has 0 saturated heterocycles. The fraction of sp³-hybridized carbons (Fsp3) is 0.769. The van der Waals surface area contributed by atoms with Gasteiger partial charge in [-0.15, -0.1) is 0 Å². The minimum absolute atomic E-state index is 0.748. The SMILES string of the molecule is C[CH]C1/C=C\CCCCCCCC1. The Kier molecular flexibility index (Phi) is 5.97. The summed E-state index contributed by atoms with van der Waals surface area (Å²) in [6, 6.07) is 0. The van der Waals surface area contributed by atoms with E-state index >= 15 is 0 Å². The summed E-state index contributed by atoms with van der Waals surface area (Å²) in [5.74, 6) is 0.748. The number of rotatable bonds is 1. The number of hydrogen-bond donors (Lipinski definition) is 0. The molecule has 0 amide bonds. The quantitative estimate of drug-likeness (QED) is 0.519. The molecule has 13 heavy (non-hydrogen) atoms. The molecule has 1 aliphatic rings. The molecule has 0 aliphatic heterocycles. The second-order valence-corrected chi connectivity index (χ2v) is 4.12. The van der Waals surface area contributed by atoms with E-state index in [9.17, 15) is 0 Å². The van der Waals surface area contributed by atoms with Gasteiger partial charge >= 0.3 is 0 Å². The molecule has 1 atom stereocenters. The zero-order chi connectivity index (χ0) is 9.36. The molecule has 0 heterocycles. The van der Waals surface area contributed by atoms with Gasteiger partial charge in [0.1, 0.15) is 0 Å². The van der Waals surface area contributed by atoms with Crippen LogP contribution in [0, 0.1) is 12.3 Å². The van der Waals surface area contributed by atoms with Crippen molar-refractivity contribution in [3.05, 3.63) is 18.6 Å². The van der Waals surface area contributed by atoms with E-state index in [1.807, 2.05) is 0 Å². The average molecular weight is 179 g/mol. The maximum atomic E-state index is 2.41. The van der Waals surface area contributed by atoms with Crippen LogP contribution in [0.4, 0.5) is 0 Å². The Hall–Kier alpha value is -0.260. The molecule has 0 aromatic carbocycles. The normalized spacial score (nSPS) is 29.2. The van der Waals surface area contributed by atoms with Crippen molar-refractivity contribution in [2.24, 2.45) is 5.92 Å². The number of hydrogen-bond acceptors (Lipinski definition) is 0. The molecule has 0 heteroatoms. The molecule has 0 spiro atoms. The predicted octanol–water partition coefficient (Wildman–Crippen LogP) is 4.52. The summed E-state index contributed by atoms with van der Waals surface area (Å²) < 4.78 is 0. The lowest BCUT2D eigenvalue weighted by atomic mass is 9.98. The lowest BCUT2D eigenvalue weighted by Crippen LogP contribution is -1.94. The standard InChI is InChI=1S/C13H23/c1-2-13-11-9-7-5-3-4-6-8-10-12-13/h2,9,11,13H,3-8,10,12H2,1H3/b11-9-. The van der Waals surface area contributed by atoms with E-state index < -0.39 is 0 Å². The van der Waals surface area contributed by atoms with Gasteiger partial charge in [-0.25, -0.2) is 0 Å². The van der Waals surface area contributed by atoms with E-state index in [2.05, 4.69) is 25.5 Å². The van der Waals surface area contributed by atoms with Crippen molar-refractivity contribution >= 4 is 0 Å². The van der Waals surface area contributed by atoms with Gasteiger partial charge in [-0.2, -0.15) is 0 Å². The zero-order valence-corrected chi connectivity index (χ0v) is 8.97. The second-order valence-electron chi connectivity index (χ2n) is 4.12. The molecule has 0 aromatic heterocycles. The highest BCUT2D eigenvalue weighted by Crippen LogP contribution is 2.18. The molecule has 1 aliphatic carbocycles. The third-order valence-electron chi connectivity index (χ3n) is 2.97. The Morgan fingerprint density at radius 1 is 1.00 bits per heavy atom. The predicted molar refractivity (Wildman–Crippen MR) is 59.5 cm³/mol. The Morgan fingerprint density at radius 2 is 1.69 bits per heavy atom. The van der Waals surface area contributed by atoms with Crippen molar-refractivity contribution in [1.29, 1.82) is 0 Å². The maximum absolute atomic E-state index is 2.41. The van der Waals surface area contributed by atoms with Crippen molar-refractivity contribution in [2.45, 2.75) is 58.3 Å². The first-order valence-corrected chi connectivity index (χ1v) is 5.89. The van der Waals surface area contributed by atoms with Crippen LogP contribution in [-0.4, -0.2) is 0 Å². The van der Waals surface area contributed by atoms with Crippen LogP contribution in [0.1, 0.15) is 58.3 Å². The molecule has 0 fully saturated rings. The van der Waals surface area contributed by atoms with E-state index in [-0.39, 0.29) is 0 Å². The highest BCUT2D eigenvalue weighted by atomic mass is 14.1. The Morgan fingerprint density at radius 3 is 2.46 bits per heavy atom. The molecule has 0 saturated carbocycles. The van der Waals surface area contributed by atoms with Crippen LogP contribution < -0.4 is 0 Å². The lowest BCUT2D eigenvalue weighted by Gasteiger charge is -2.08. The first-order valence-electron chi connectivity index (χ1n) is 5.89. The molecular formula is C13H23. The maximum Gasteiger partial charge on any atom is -0.0205 e. The molecule has 1 radical (unpaired) electrons. The summed E-state index contributed by atoms with van der Waals surface area (Å²) in [5, 5.41) is 0. The van der Waals surface area contributed by atoms with Gasteiger partial charge in [-0.1, -0.05) is 51.2 Å². The van der Waals surface area contributed by atoms with Crippen LogP contribution in [-0.2, 0) is 0 Å². The van der Waals surface area contributed by atoms with Crippen LogP contribution in [0.15, 0.2) is 12.2 Å². The first-order chi connectivity index (χ1) is 6.43. The van der Waals surface area contributed by atoms with Crippen LogP contribution >= 0.6 is 0 Å². The van der Waals surface area contributed by atoms with Gasteiger partial charge in [0, 0.05) is 0 Å². The molecule has 75 valence electrons. The summed E-state index contributed by atoms with van der Waals surface area (Å²) in [4.78, 5) is 0. The van der Waals surface area contributed by atoms with Crippen LogP contribution in [0.5, 0.6) is 0 Å². The lowest BCUT2D eigenvalue weighted by molar-refractivity contribution is 0.554. The van der Waals surface area contributed by atoms with Crippen molar-refractivity contribution in [3.63, 3.8) is 0 Å². The minimum Gasteiger partial charge on any atom is -0.0882 e. The molecule has 1 unspecified atom stereocenters. The van der Waals surface area contributed by atoms with Gasteiger partial charge in [-0.05, 0) is 31.6 Å². The van der Waals surface area contributed by atoms with Crippen LogP contribution in [0.25, 0.3) is 0 Å². The summed E-state index contributed by atoms with van der Waals surface area (Å²) in [6.07, 6.45) is 18.4. The van der Waals surface area contributed by atoms with Gasteiger partial charge in [-0.3, -0.25) is 0 Å². The summed E-state index contributed by atoms with van der Waals surface area (Å²) >= 11 is 0. The fourth-order valence-electron chi connectivity index (χ4n) is 1.99. The highest BCUT2D eigenvalue weighted by Gasteiger charge is 2.02. The minimum atomic E-state index is 0.748. The van der Waals surface area contributed by atoms with Crippen molar-refractivity contribution < 1.29 is 0 Å². The summed E-state index contributed by atoms with van der Waals surface area (Å²) in [6.45, 7) is 2.19. The molecule has 0 N–H and O–H groups in total.